The quantitative estimate of drug-likeness (QED) is 0.110. The minimum Gasteiger partial charge on any atom is -0.462 e. The van der Waals surface area contributed by atoms with E-state index in [1.54, 1.807) is 0 Å². The molecule has 1 aliphatic rings. The molecule has 7 heteroatoms. The summed E-state index contributed by atoms with van der Waals surface area (Å²) in [5.41, 5.74) is 4.21. The number of hydrogen-bond acceptors (Lipinski definition) is 6. The predicted molar refractivity (Wildman–Crippen MR) is 185 cm³/mol. The molecule has 0 bridgehead atoms. The highest BCUT2D eigenvalue weighted by molar-refractivity contribution is 9.10. The van der Waals surface area contributed by atoms with Crippen LogP contribution in [0.5, 0.6) is 5.75 Å². The van der Waals surface area contributed by atoms with E-state index in [0.29, 0.717) is 32.2 Å². The summed E-state index contributed by atoms with van der Waals surface area (Å²) in [6, 6.07) is 48.1. The summed E-state index contributed by atoms with van der Waals surface area (Å²) in [4.78, 5) is 0. The molecule has 6 rings (SSSR count). The topological polar surface area (TPSA) is 55.4 Å². The van der Waals surface area contributed by atoms with Crippen molar-refractivity contribution in [2.24, 2.45) is 0 Å². The van der Waals surface area contributed by atoms with Gasteiger partial charge in [0.25, 0.3) is 0 Å². The van der Waals surface area contributed by atoms with Crippen LogP contribution in [0.1, 0.15) is 22.3 Å². The van der Waals surface area contributed by atoms with Crippen molar-refractivity contribution in [3.63, 3.8) is 0 Å². The zero-order valence-electron chi connectivity index (χ0n) is 26.1. The van der Waals surface area contributed by atoms with Crippen LogP contribution >= 0.6 is 15.9 Å². The Hall–Kier alpha value is -3.82. The summed E-state index contributed by atoms with van der Waals surface area (Å²) in [5.74, 6) is 0.654. The Kier molecular flexibility index (Phi) is 12.2. The van der Waals surface area contributed by atoms with E-state index in [-0.39, 0.29) is 6.61 Å². The van der Waals surface area contributed by atoms with Crippen LogP contribution in [0.3, 0.4) is 0 Å². The summed E-state index contributed by atoms with van der Waals surface area (Å²) < 4.78 is 40.7. The normalized spacial score (nSPS) is 20.9. The fourth-order valence-electron chi connectivity index (χ4n) is 5.49. The smallest absolute Gasteiger partial charge is 0.229 e. The first-order valence-electron chi connectivity index (χ1n) is 15.9. The Morgan fingerprint density at radius 2 is 0.894 bits per heavy atom. The fourth-order valence-corrected chi connectivity index (χ4v) is 5.75. The molecule has 242 valence electrons. The molecule has 0 aliphatic carbocycles. The van der Waals surface area contributed by atoms with Crippen molar-refractivity contribution >= 4 is 15.9 Å². The van der Waals surface area contributed by atoms with Crippen molar-refractivity contribution in [2.75, 3.05) is 6.61 Å². The lowest BCUT2D eigenvalue weighted by Gasteiger charge is -2.45. The van der Waals surface area contributed by atoms with E-state index in [9.17, 15) is 0 Å². The standard InChI is InChI=1S/C40H39BrO6/c41-34-21-23-35(24-22-34)46-40-39(45-28-33-19-11-4-12-20-33)38(44-27-32-17-9-3-10-18-32)37(43-26-31-15-7-2-8-16-31)36(47-40)29-42-25-30-13-5-1-6-14-30/h1-24,36-40H,25-29H2/t36?,37-,38?,39?,40-/m1/s1. The molecule has 1 heterocycles. The van der Waals surface area contributed by atoms with Crippen molar-refractivity contribution in [1.29, 1.82) is 0 Å². The van der Waals surface area contributed by atoms with Crippen LogP contribution in [-0.2, 0) is 50.1 Å². The SMILES string of the molecule is Brc1ccc(O[C@@H]2OC(COCc3ccccc3)[C@@H](OCc3ccccc3)C(OCc3ccccc3)C2OCc2ccccc2)cc1. The molecule has 1 fully saturated rings. The highest BCUT2D eigenvalue weighted by Crippen LogP contribution is 2.33. The van der Waals surface area contributed by atoms with Gasteiger partial charge in [-0.1, -0.05) is 137 Å². The van der Waals surface area contributed by atoms with E-state index in [2.05, 4.69) is 28.1 Å². The summed E-state index contributed by atoms with van der Waals surface area (Å²) in [5, 5.41) is 0. The second-order valence-corrected chi connectivity index (χ2v) is 12.3. The van der Waals surface area contributed by atoms with Gasteiger partial charge >= 0.3 is 0 Å². The van der Waals surface area contributed by atoms with E-state index in [1.165, 1.54) is 0 Å². The first-order chi connectivity index (χ1) is 23.2. The lowest BCUT2D eigenvalue weighted by molar-refractivity contribution is -0.310. The second-order valence-electron chi connectivity index (χ2n) is 11.4. The van der Waals surface area contributed by atoms with Gasteiger partial charge in [-0.05, 0) is 46.5 Å². The summed E-state index contributed by atoms with van der Waals surface area (Å²) in [7, 11) is 0. The number of ether oxygens (including phenoxy) is 6. The van der Waals surface area contributed by atoms with Crippen molar-refractivity contribution < 1.29 is 28.4 Å². The van der Waals surface area contributed by atoms with Crippen molar-refractivity contribution in [3.05, 3.63) is 172 Å². The van der Waals surface area contributed by atoms with E-state index >= 15 is 0 Å². The molecule has 0 spiro atoms. The molecular weight excluding hydrogens is 656 g/mol. The van der Waals surface area contributed by atoms with Crippen molar-refractivity contribution in [3.8, 4) is 5.75 Å². The zero-order valence-corrected chi connectivity index (χ0v) is 27.7. The number of benzene rings is 5. The monoisotopic (exact) mass is 694 g/mol. The molecule has 0 radical (unpaired) electrons. The number of hydrogen-bond donors (Lipinski definition) is 0. The van der Waals surface area contributed by atoms with Gasteiger partial charge < -0.3 is 28.4 Å². The molecule has 3 unspecified atom stereocenters. The zero-order chi connectivity index (χ0) is 32.1. The van der Waals surface area contributed by atoms with Crippen LogP contribution in [0.2, 0.25) is 0 Å². The van der Waals surface area contributed by atoms with Gasteiger partial charge in [-0.2, -0.15) is 0 Å². The van der Waals surface area contributed by atoms with E-state index in [1.807, 2.05) is 133 Å². The third kappa shape index (κ3) is 9.84. The molecule has 47 heavy (non-hydrogen) atoms. The van der Waals surface area contributed by atoms with Crippen molar-refractivity contribution in [1.82, 2.24) is 0 Å². The Morgan fingerprint density at radius 1 is 0.468 bits per heavy atom. The first-order valence-corrected chi connectivity index (χ1v) is 16.7. The molecule has 0 saturated carbocycles. The van der Waals surface area contributed by atoms with Gasteiger partial charge in [0.15, 0.2) is 0 Å². The van der Waals surface area contributed by atoms with Crippen molar-refractivity contribution in [2.45, 2.75) is 57.1 Å². The van der Waals surface area contributed by atoms with E-state index < -0.39 is 30.7 Å². The first kappa shape index (κ1) is 33.1. The Morgan fingerprint density at radius 3 is 1.38 bits per heavy atom. The third-order valence-corrected chi connectivity index (χ3v) is 8.44. The Balaban J connectivity index is 1.31. The molecule has 5 aromatic carbocycles. The van der Waals surface area contributed by atoms with Gasteiger partial charge in [-0.25, -0.2) is 0 Å². The van der Waals surface area contributed by atoms with E-state index in [4.69, 9.17) is 28.4 Å². The molecule has 1 aliphatic heterocycles. The van der Waals surface area contributed by atoms with Gasteiger partial charge in [0.05, 0.1) is 33.0 Å². The number of rotatable bonds is 15. The average Bonchev–Trinajstić information content (AvgIpc) is 3.12. The Bertz CT molecular complexity index is 1590. The average molecular weight is 696 g/mol. The summed E-state index contributed by atoms with van der Waals surface area (Å²) in [6.45, 7) is 1.79. The lowest BCUT2D eigenvalue weighted by atomic mass is 9.97. The lowest BCUT2D eigenvalue weighted by Crippen LogP contribution is -2.62. The fraction of sp³-hybridized carbons (Fsp3) is 0.250. The molecule has 6 nitrogen and oxygen atoms in total. The molecule has 1 saturated heterocycles. The third-order valence-electron chi connectivity index (χ3n) is 7.91. The molecule has 5 atom stereocenters. The second kappa shape index (κ2) is 17.4. The molecule has 0 aromatic heterocycles. The van der Waals surface area contributed by atoms with Crippen LogP contribution in [0, 0.1) is 0 Å². The van der Waals surface area contributed by atoms with Gasteiger partial charge in [0.2, 0.25) is 6.29 Å². The van der Waals surface area contributed by atoms with Gasteiger partial charge in [0.1, 0.15) is 30.2 Å². The largest absolute Gasteiger partial charge is 0.462 e. The predicted octanol–water partition coefficient (Wildman–Crippen LogP) is 8.53. The van der Waals surface area contributed by atoms with Crippen LogP contribution in [0.4, 0.5) is 0 Å². The van der Waals surface area contributed by atoms with Gasteiger partial charge in [-0.3, -0.25) is 0 Å². The maximum atomic E-state index is 6.78. The van der Waals surface area contributed by atoms with Gasteiger partial charge in [0, 0.05) is 4.47 Å². The molecular formula is C40H39BrO6. The number of halogens is 1. The van der Waals surface area contributed by atoms with Gasteiger partial charge in [-0.15, -0.1) is 0 Å². The maximum absolute atomic E-state index is 6.78. The molecule has 0 amide bonds. The van der Waals surface area contributed by atoms with E-state index in [0.717, 1.165) is 26.7 Å². The summed E-state index contributed by atoms with van der Waals surface area (Å²) >= 11 is 3.52. The summed E-state index contributed by atoms with van der Waals surface area (Å²) in [6.07, 6.45) is -3.03. The van der Waals surface area contributed by atoms with Crippen LogP contribution in [-0.4, -0.2) is 37.3 Å². The molecule has 0 N–H and O–H groups in total. The van der Waals surface area contributed by atoms with Crippen LogP contribution in [0.25, 0.3) is 0 Å². The highest BCUT2D eigenvalue weighted by Gasteiger charge is 2.49. The highest BCUT2D eigenvalue weighted by atomic mass is 79.9. The minimum absolute atomic E-state index is 0.269. The van der Waals surface area contributed by atoms with Crippen LogP contribution < -0.4 is 4.74 Å². The van der Waals surface area contributed by atoms with Crippen LogP contribution in [0.15, 0.2) is 150 Å². The minimum atomic E-state index is -0.803. The maximum Gasteiger partial charge on any atom is 0.229 e. The Labute approximate surface area is 285 Å². The molecule has 5 aromatic rings.